The van der Waals surface area contributed by atoms with Crippen molar-refractivity contribution in [2.45, 2.75) is 29.1 Å². The molecule has 0 aromatic heterocycles. The highest BCUT2D eigenvalue weighted by atomic mass is 32.2. The van der Waals surface area contributed by atoms with Crippen LogP contribution in [0.3, 0.4) is 0 Å². The average molecular weight is 475 g/mol. The number of hydrogen-bond acceptors (Lipinski definition) is 5. The van der Waals surface area contributed by atoms with E-state index in [4.69, 9.17) is 4.74 Å². The zero-order chi connectivity index (χ0) is 22.6. The Kier molecular flexibility index (Phi) is 6.80. The van der Waals surface area contributed by atoms with Gasteiger partial charge in [-0.05, 0) is 60.0 Å². The van der Waals surface area contributed by atoms with Crippen LogP contribution in [-0.4, -0.2) is 47.4 Å². The molecule has 7 nitrogen and oxygen atoms in total. The van der Waals surface area contributed by atoms with Crippen LogP contribution in [0.1, 0.15) is 19.3 Å². The van der Waals surface area contributed by atoms with Crippen LogP contribution in [0, 0.1) is 0 Å². The van der Waals surface area contributed by atoms with Crippen LogP contribution in [0.15, 0.2) is 76.5 Å². The fraction of sp³-hybridized carbons (Fsp3) is 0.304. The third-order valence-corrected chi connectivity index (χ3v) is 8.84. The lowest BCUT2D eigenvalue weighted by Crippen LogP contribution is -2.35. The van der Waals surface area contributed by atoms with Gasteiger partial charge in [-0.25, -0.2) is 21.6 Å². The summed E-state index contributed by atoms with van der Waals surface area (Å²) in [6, 6.07) is 18.8. The second-order valence-electron chi connectivity index (χ2n) is 7.69. The van der Waals surface area contributed by atoms with E-state index in [1.807, 2.05) is 24.3 Å². The molecule has 1 N–H and O–H groups in total. The summed E-state index contributed by atoms with van der Waals surface area (Å²) >= 11 is 0. The summed E-state index contributed by atoms with van der Waals surface area (Å²) in [5, 5.41) is 1.83. The molecule has 3 aromatic carbocycles. The number of sulfonamides is 2. The first kappa shape index (κ1) is 22.7. The van der Waals surface area contributed by atoms with Crippen LogP contribution in [-0.2, 0) is 20.0 Å². The Morgan fingerprint density at radius 2 is 1.44 bits per heavy atom. The minimum absolute atomic E-state index is 0.0863. The van der Waals surface area contributed by atoms with E-state index in [1.54, 1.807) is 30.3 Å². The molecule has 0 atom stereocenters. The Morgan fingerprint density at radius 3 is 2.16 bits per heavy atom. The lowest BCUT2D eigenvalue weighted by atomic mass is 10.1. The third kappa shape index (κ3) is 5.12. The molecule has 170 valence electrons. The van der Waals surface area contributed by atoms with Crippen molar-refractivity contribution in [2.24, 2.45) is 0 Å². The number of benzene rings is 3. The van der Waals surface area contributed by atoms with Gasteiger partial charge in [0.05, 0.1) is 9.79 Å². The maximum atomic E-state index is 12.7. The molecule has 3 aromatic rings. The number of nitrogens with zero attached hydrogens (tertiary/aromatic N) is 1. The van der Waals surface area contributed by atoms with Crippen molar-refractivity contribution in [2.75, 3.05) is 26.2 Å². The van der Waals surface area contributed by atoms with E-state index >= 15 is 0 Å². The number of ether oxygens (including phenoxy) is 1. The standard InChI is InChI=1S/C23H26N2O5S2/c26-31(27,23-11-8-19-6-2-3-7-20(19)18-23)24-14-17-30-21-9-12-22(13-10-21)32(28,29)25-15-4-1-5-16-25/h2-3,6-13,18,24H,1,4-5,14-17H2. The molecule has 9 heteroatoms. The summed E-state index contributed by atoms with van der Waals surface area (Å²) < 4.78 is 60.1. The first-order chi connectivity index (χ1) is 15.4. The first-order valence-electron chi connectivity index (χ1n) is 10.6. The molecular formula is C23H26N2O5S2. The first-order valence-corrected chi connectivity index (χ1v) is 13.5. The van der Waals surface area contributed by atoms with Crippen molar-refractivity contribution in [3.8, 4) is 5.75 Å². The monoisotopic (exact) mass is 474 g/mol. The zero-order valence-electron chi connectivity index (χ0n) is 17.6. The molecule has 0 saturated carbocycles. The molecule has 0 radical (unpaired) electrons. The summed E-state index contributed by atoms with van der Waals surface area (Å²) in [5.74, 6) is 0.479. The Morgan fingerprint density at radius 1 is 0.781 bits per heavy atom. The van der Waals surface area contributed by atoms with Crippen LogP contribution in [0.4, 0.5) is 0 Å². The molecule has 0 spiro atoms. The third-order valence-electron chi connectivity index (χ3n) is 5.47. The minimum Gasteiger partial charge on any atom is -0.492 e. The van der Waals surface area contributed by atoms with E-state index < -0.39 is 20.0 Å². The van der Waals surface area contributed by atoms with Gasteiger partial charge in [0.1, 0.15) is 12.4 Å². The second-order valence-corrected chi connectivity index (χ2v) is 11.4. The minimum atomic E-state index is -3.66. The van der Waals surface area contributed by atoms with Gasteiger partial charge in [0.2, 0.25) is 20.0 Å². The van der Waals surface area contributed by atoms with Crippen molar-refractivity contribution in [1.82, 2.24) is 9.03 Å². The van der Waals surface area contributed by atoms with Crippen LogP contribution in [0.2, 0.25) is 0 Å². The summed E-state index contributed by atoms with van der Waals surface area (Å²) in [4.78, 5) is 0.437. The summed E-state index contributed by atoms with van der Waals surface area (Å²) in [5.41, 5.74) is 0. The Bertz CT molecular complexity index is 1280. The van der Waals surface area contributed by atoms with E-state index in [0.717, 1.165) is 30.0 Å². The predicted molar refractivity (Wildman–Crippen MR) is 124 cm³/mol. The summed E-state index contributed by atoms with van der Waals surface area (Å²) in [7, 11) is -7.14. The van der Waals surface area contributed by atoms with Crippen molar-refractivity contribution in [3.63, 3.8) is 0 Å². The van der Waals surface area contributed by atoms with Gasteiger partial charge in [-0.3, -0.25) is 0 Å². The van der Waals surface area contributed by atoms with Crippen LogP contribution >= 0.6 is 0 Å². The molecule has 1 aliphatic heterocycles. The van der Waals surface area contributed by atoms with Gasteiger partial charge in [-0.2, -0.15) is 4.31 Å². The smallest absolute Gasteiger partial charge is 0.243 e. The number of nitrogens with one attached hydrogen (secondary N) is 1. The fourth-order valence-corrected chi connectivity index (χ4v) is 6.29. The lowest BCUT2D eigenvalue weighted by Gasteiger charge is -2.25. The molecule has 32 heavy (non-hydrogen) atoms. The molecule has 4 rings (SSSR count). The number of hydrogen-bond donors (Lipinski definition) is 1. The molecule has 1 aliphatic rings. The fourth-order valence-electron chi connectivity index (χ4n) is 3.72. The van der Waals surface area contributed by atoms with Gasteiger partial charge < -0.3 is 4.74 Å². The maximum Gasteiger partial charge on any atom is 0.243 e. The summed E-state index contributed by atoms with van der Waals surface area (Å²) in [6.07, 6.45) is 2.83. The van der Waals surface area contributed by atoms with Gasteiger partial charge in [0.15, 0.2) is 0 Å². The number of rotatable bonds is 8. The highest BCUT2D eigenvalue weighted by Crippen LogP contribution is 2.23. The summed E-state index contributed by atoms with van der Waals surface area (Å²) in [6.45, 7) is 1.31. The average Bonchev–Trinajstić information content (AvgIpc) is 2.82. The SMILES string of the molecule is O=S(=O)(NCCOc1ccc(S(=O)(=O)N2CCCCC2)cc1)c1ccc2ccccc2c1. The molecule has 0 amide bonds. The quantitative estimate of drug-likeness (QED) is 0.506. The molecule has 1 heterocycles. The Hall–Kier alpha value is -2.46. The van der Waals surface area contributed by atoms with Crippen molar-refractivity contribution >= 4 is 30.8 Å². The van der Waals surface area contributed by atoms with E-state index in [-0.39, 0.29) is 22.9 Å². The predicted octanol–water partition coefficient (Wildman–Crippen LogP) is 3.37. The lowest BCUT2D eigenvalue weighted by molar-refractivity contribution is 0.322. The largest absolute Gasteiger partial charge is 0.492 e. The molecule has 0 bridgehead atoms. The number of fused-ring (bicyclic) bond motifs is 1. The van der Waals surface area contributed by atoms with Gasteiger partial charge >= 0.3 is 0 Å². The molecule has 0 aliphatic carbocycles. The molecule has 0 unspecified atom stereocenters. The van der Waals surface area contributed by atoms with Gasteiger partial charge in [0, 0.05) is 19.6 Å². The van der Waals surface area contributed by atoms with E-state index in [9.17, 15) is 16.8 Å². The highest BCUT2D eigenvalue weighted by Gasteiger charge is 2.25. The van der Waals surface area contributed by atoms with E-state index in [0.29, 0.717) is 18.8 Å². The van der Waals surface area contributed by atoms with E-state index in [1.165, 1.54) is 16.4 Å². The van der Waals surface area contributed by atoms with Gasteiger partial charge in [-0.1, -0.05) is 36.8 Å². The maximum absolute atomic E-state index is 12.7. The van der Waals surface area contributed by atoms with Gasteiger partial charge in [0.25, 0.3) is 0 Å². The van der Waals surface area contributed by atoms with Crippen molar-refractivity contribution in [1.29, 1.82) is 0 Å². The molecule has 1 fully saturated rings. The highest BCUT2D eigenvalue weighted by molar-refractivity contribution is 7.89. The molecular weight excluding hydrogens is 448 g/mol. The molecule has 1 saturated heterocycles. The zero-order valence-corrected chi connectivity index (χ0v) is 19.2. The Labute approximate surface area is 189 Å². The van der Waals surface area contributed by atoms with Gasteiger partial charge in [-0.15, -0.1) is 0 Å². The normalized spacial score (nSPS) is 15.6. The van der Waals surface area contributed by atoms with Crippen LogP contribution in [0.5, 0.6) is 5.75 Å². The topological polar surface area (TPSA) is 92.8 Å². The number of piperidine rings is 1. The Balaban J connectivity index is 1.32. The van der Waals surface area contributed by atoms with Crippen molar-refractivity contribution in [3.05, 3.63) is 66.7 Å². The second kappa shape index (κ2) is 9.58. The van der Waals surface area contributed by atoms with Crippen molar-refractivity contribution < 1.29 is 21.6 Å². The van der Waals surface area contributed by atoms with Crippen LogP contribution < -0.4 is 9.46 Å². The van der Waals surface area contributed by atoms with Crippen LogP contribution in [0.25, 0.3) is 10.8 Å². The van der Waals surface area contributed by atoms with E-state index in [2.05, 4.69) is 4.72 Å².